The molecule has 0 saturated heterocycles. The van der Waals surface area contributed by atoms with E-state index in [-0.39, 0.29) is 0 Å². The second-order valence-corrected chi connectivity index (χ2v) is 4.88. The van der Waals surface area contributed by atoms with Gasteiger partial charge in [0.25, 0.3) is 0 Å². The lowest BCUT2D eigenvalue weighted by Crippen LogP contribution is -2.25. The number of halogens is 1. The third-order valence-corrected chi connectivity index (χ3v) is 2.81. The minimum Gasteiger partial charge on any atom is -0.409 e. The molecule has 0 aliphatic rings. The van der Waals surface area contributed by atoms with Crippen LogP contribution in [-0.2, 0) is 0 Å². The Labute approximate surface area is 121 Å². The van der Waals surface area contributed by atoms with Crippen molar-refractivity contribution in [1.29, 1.82) is 0 Å². The Kier molecular flexibility index (Phi) is 5.76. The topological polar surface area (TPSA) is 41.9 Å². The summed E-state index contributed by atoms with van der Waals surface area (Å²) in [5.74, 6) is 0.487. The van der Waals surface area contributed by atoms with Gasteiger partial charge in [-0.3, -0.25) is 4.99 Å². The maximum atomic E-state index is 11.7. The van der Waals surface area contributed by atoms with Crippen molar-refractivity contribution in [2.75, 3.05) is 14.1 Å². The summed E-state index contributed by atoms with van der Waals surface area (Å²) in [4.78, 5) is 17.3. The number of hydrogen-bond donors (Lipinski definition) is 0. The molecule has 102 valence electrons. The van der Waals surface area contributed by atoms with Crippen LogP contribution in [0.1, 0.15) is 19.4 Å². The number of ether oxygens (including phenoxy) is 1. The maximum Gasteiger partial charge on any atom is 0.414 e. The zero-order valence-corrected chi connectivity index (χ0v) is 13.1. The van der Waals surface area contributed by atoms with Crippen molar-refractivity contribution in [2.45, 2.75) is 13.8 Å². The van der Waals surface area contributed by atoms with Crippen LogP contribution in [0, 0.1) is 0 Å². The Morgan fingerprint density at radius 1 is 1.37 bits per heavy atom. The van der Waals surface area contributed by atoms with Gasteiger partial charge in [0.05, 0.1) is 5.70 Å². The van der Waals surface area contributed by atoms with Gasteiger partial charge in [0.15, 0.2) is 0 Å². The van der Waals surface area contributed by atoms with E-state index in [1.807, 2.05) is 32.1 Å². The molecule has 1 aromatic carbocycles. The van der Waals surface area contributed by atoms with Gasteiger partial charge >= 0.3 is 6.09 Å². The highest BCUT2D eigenvalue weighted by Crippen LogP contribution is 2.30. The summed E-state index contributed by atoms with van der Waals surface area (Å²) >= 11 is 3.41. The monoisotopic (exact) mass is 324 g/mol. The Morgan fingerprint density at radius 3 is 2.58 bits per heavy atom. The van der Waals surface area contributed by atoms with Crippen LogP contribution in [0.3, 0.4) is 0 Å². The number of allylic oxidation sites excluding steroid dienone is 1. The van der Waals surface area contributed by atoms with Crippen LogP contribution in [0.15, 0.2) is 33.7 Å². The Morgan fingerprint density at radius 2 is 2.05 bits per heavy atom. The minimum atomic E-state index is -0.417. The first kappa shape index (κ1) is 15.4. The summed E-state index contributed by atoms with van der Waals surface area (Å²) in [5.41, 5.74) is 1.52. The Bertz CT molecular complexity index is 522. The predicted molar refractivity (Wildman–Crippen MR) is 81.7 cm³/mol. The van der Waals surface area contributed by atoms with Crippen molar-refractivity contribution in [3.05, 3.63) is 34.3 Å². The van der Waals surface area contributed by atoms with Crippen molar-refractivity contribution in [1.82, 2.24) is 4.90 Å². The van der Waals surface area contributed by atoms with Crippen LogP contribution in [0.5, 0.6) is 5.75 Å². The van der Waals surface area contributed by atoms with Crippen LogP contribution in [0.25, 0.3) is 5.70 Å². The Hall–Kier alpha value is -1.62. The molecule has 0 heterocycles. The largest absolute Gasteiger partial charge is 0.414 e. The van der Waals surface area contributed by atoms with E-state index in [9.17, 15) is 4.79 Å². The number of aliphatic imine (C=N–C) groups is 1. The standard InChI is InChI=1S/C14H17BrN2O2/c1-5-12(16-6-2)11-9-10(15)7-8-13(11)19-14(18)17(3)4/h5-9H,1-4H3/b12-5-,16-6?. The molecule has 0 unspecified atom stereocenters. The molecule has 0 atom stereocenters. The molecule has 0 N–H and O–H groups in total. The van der Waals surface area contributed by atoms with Gasteiger partial charge in [0.2, 0.25) is 0 Å². The number of nitrogens with zero attached hydrogens (tertiary/aromatic N) is 2. The van der Waals surface area contributed by atoms with Crippen LogP contribution in [-0.4, -0.2) is 31.3 Å². The third kappa shape index (κ3) is 4.21. The number of benzene rings is 1. The molecule has 0 saturated carbocycles. The lowest BCUT2D eigenvalue weighted by molar-refractivity contribution is 0.172. The van der Waals surface area contributed by atoms with E-state index in [0.29, 0.717) is 5.75 Å². The summed E-state index contributed by atoms with van der Waals surface area (Å²) in [7, 11) is 3.28. The van der Waals surface area contributed by atoms with Gasteiger partial charge < -0.3 is 9.64 Å². The van der Waals surface area contributed by atoms with Crippen LogP contribution in [0.2, 0.25) is 0 Å². The van der Waals surface area contributed by atoms with Crippen LogP contribution in [0.4, 0.5) is 4.79 Å². The molecule has 0 aliphatic carbocycles. The highest BCUT2D eigenvalue weighted by atomic mass is 79.9. The molecule has 19 heavy (non-hydrogen) atoms. The van der Waals surface area contributed by atoms with Gasteiger partial charge in [0.1, 0.15) is 5.75 Å². The molecule has 0 bridgehead atoms. The molecule has 0 fully saturated rings. The molecular formula is C14H17BrN2O2. The average Bonchev–Trinajstić information content (AvgIpc) is 2.38. The molecule has 0 radical (unpaired) electrons. The van der Waals surface area contributed by atoms with E-state index >= 15 is 0 Å². The smallest absolute Gasteiger partial charge is 0.409 e. The number of carbonyl (C=O) groups is 1. The maximum absolute atomic E-state index is 11.7. The van der Waals surface area contributed by atoms with Crippen molar-refractivity contribution in [3.8, 4) is 5.75 Å². The number of amides is 1. The molecule has 5 heteroatoms. The van der Waals surface area contributed by atoms with E-state index < -0.39 is 6.09 Å². The molecule has 4 nitrogen and oxygen atoms in total. The second-order valence-electron chi connectivity index (χ2n) is 3.96. The number of hydrogen-bond acceptors (Lipinski definition) is 3. The van der Waals surface area contributed by atoms with E-state index in [4.69, 9.17) is 4.74 Å². The molecule has 1 aromatic rings. The van der Waals surface area contributed by atoms with Crippen LogP contribution >= 0.6 is 15.9 Å². The van der Waals surface area contributed by atoms with Crippen molar-refractivity contribution >= 4 is 33.9 Å². The van der Waals surface area contributed by atoms with E-state index in [1.165, 1.54) is 4.90 Å². The highest BCUT2D eigenvalue weighted by molar-refractivity contribution is 9.10. The number of carbonyl (C=O) groups excluding carboxylic acids is 1. The predicted octanol–water partition coefficient (Wildman–Crippen LogP) is 3.96. The summed E-state index contributed by atoms with van der Waals surface area (Å²) in [5, 5.41) is 0. The SMILES string of the molecule is CC=N/C(=C\C)c1cc(Br)ccc1OC(=O)N(C)C. The van der Waals surface area contributed by atoms with Crippen LogP contribution < -0.4 is 4.74 Å². The fourth-order valence-corrected chi connectivity index (χ4v) is 1.78. The number of rotatable bonds is 3. The van der Waals surface area contributed by atoms with Crippen molar-refractivity contribution in [3.63, 3.8) is 0 Å². The quantitative estimate of drug-likeness (QED) is 0.789. The fraction of sp³-hybridized carbons (Fsp3) is 0.286. The molecule has 0 aromatic heterocycles. The Balaban J connectivity index is 3.22. The van der Waals surface area contributed by atoms with E-state index in [0.717, 1.165) is 15.7 Å². The van der Waals surface area contributed by atoms with Gasteiger partial charge in [-0.1, -0.05) is 22.0 Å². The molecule has 1 rings (SSSR count). The van der Waals surface area contributed by atoms with Crippen molar-refractivity contribution in [2.24, 2.45) is 4.99 Å². The fourth-order valence-electron chi connectivity index (χ4n) is 1.42. The third-order valence-electron chi connectivity index (χ3n) is 2.32. The van der Waals surface area contributed by atoms with Gasteiger partial charge in [-0.15, -0.1) is 0 Å². The lowest BCUT2D eigenvalue weighted by atomic mass is 10.1. The molecular weight excluding hydrogens is 308 g/mol. The first-order valence-electron chi connectivity index (χ1n) is 5.83. The van der Waals surface area contributed by atoms with Gasteiger partial charge in [-0.05, 0) is 32.0 Å². The van der Waals surface area contributed by atoms with Crippen molar-refractivity contribution < 1.29 is 9.53 Å². The lowest BCUT2D eigenvalue weighted by Gasteiger charge is -2.14. The molecule has 0 spiro atoms. The van der Waals surface area contributed by atoms with Gasteiger partial charge in [-0.2, -0.15) is 0 Å². The minimum absolute atomic E-state index is 0.417. The zero-order chi connectivity index (χ0) is 14.4. The normalized spacial score (nSPS) is 11.7. The van der Waals surface area contributed by atoms with Gasteiger partial charge in [0, 0.05) is 30.3 Å². The first-order valence-corrected chi connectivity index (χ1v) is 6.63. The molecule has 1 amide bonds. The highest BCUT2D eigenvalue weighted by Gasteiger charge is 2.13. The zero-order valence-electron chi connectivity index (χ0n) is 11.5. The van der Waals surface area contributed by atoms with E-state index in [2.05, 4.69) is 20.9 Å². The second kappa shape index (κ2) is 7.09. The summed E-state index contributed by atoms with van der Waals surface area (Å²) in [6, 6.07) is 5.45. The first-order chi connectivity index (χ1) is 8.99. The summed E-state index contributed by atoms with van der Waals surface area (Å²) < 4.78 is 6.24. The summed E-state index contributed by atoms with van der Waals surface area (Å²) in [6.45, 7) is 3.73. The summed E-state index contributed by atoms with van der Waals surface area (Å²) in [6.07, 6.45) is 3.15. The van der Waals surface area contributed by atoms with Gasteiger partial charge in [-0.25, -0.2) is 4.79 Å². The van der Waals surface area contributed by atoms with E-state index in [1.54, 1.807) is 26.4 Å². The molecule has 0 aliphatic heterocycles. The average molecular weight is 325 g/mol.